The molecule has 0 saturated heterocycles. The van der Waals surface area contributed by atoms with Crippen LogP contribution in [0, 0.1) is 0 Å². The molecule has 1 rings (SSSR count). The zero-order valence-electron chi connectivity index (χ0n) is 11.1. The molecular formula is C15H24O3. The molecule has 0 spiro atoms. The average molecular weight is 252 g/mol. The van der Waals surface area contributed by atoms with Crippen molar-refractivity contribution in [1.29, 1.82) is 0 Å². The van der Waals surface area contributed by atoms with Crippen molar-refractivity contribution in [2.75, 3.05) is 6.61 Å². The predicted octanol–water partition coefficient (Wildman–Crippen LogP) is 2.51. The Morgan fingerprint density at radius 2 is 1.78 bits per heavy atom. The van der Waals surface area contributed by atoms with E-state index in [1.54, 1.807) is 0 Å². The fraction of sp³-hybridized carbons (Fsp3) is 0.600. The maximum Gasteiger partial charge on any atom is 0.103 e. The van der Waals surface area contributed by atoms with Crippen molar-refractivity contribution >= 4 is 0 Å². The summed E-state index contributed by atoms with van der Waals surface area (Å²) in [6.45, 7) is 2.77. The van der Waals surface area contributed by atoms with E-state index >= 15 is 0 Å². The van der Waals surface area contributed by atoms with Gasteiger partial charge in [-0.25, -0.2) is 0 Å². The Balaban J connectivity index is 2.14. The maximum atomic E-state index is 9.72. The molecule has 0 aliphatic carbocycles. The minimum Gasteiger partial charge on any atom is -0.390 e. The van der Waals surface area contributed by atoms with Gasteiger partial charge in [0.15, 0.2) is 0 Å². The Labute approximate surface area is 109 Å². The van der Waals surface area contributed by atoms with Gasteiger partial charge in [-0.05, 0) is 12.0 Å². The van der Waals surface area contributed by atoms with Gasteiger partial charge in [-0.2, -0.15) is 0 Å². The molecule has 1 aromatic rings. The summed E-state index contributed by atoms with van der Waals surface area (Å²) in [7, 11) is 0. The number of ether oxygens (including phenoxy) is 1. The zero-order chi connectivity index (χ0) is 13.2. The van der Waals surface area contributed by atoms with E-state index in [0.29, 0.717) is 13.0 Å². The molecule has 0 aliphatic rings. The highest BCUT2D eigenvalue weighted by Crippen LogP contribution is 2.08. The van der Waals surface area contributed by atoms with Crippen molar-refractivity contribution in [1.82, 2.24) is 0 Å². The first-order chi connectivity index (χ1) is 8.74. The number of aliphatic hydroxyl groups excluding tert-OH is 2. The number of hydrogen-bond acceptors (Lipinski definition) is 3. The van der Waals surface area contributed by atoms with Gasteiger partial charge in [-0.1, -0.05) is 56.5 Å². The van der Waals surface area contributed by atoms with E-state index in [9.17, 15) is 10.2 Å². The van der Waals surface area contributed by atoms with Crippen LogP contribution in [-0.4, -0.2) is 29.0 Å². The van der Waals surface area contributed by atoms with Crippen LogP contribution in [0.2, 0.25) is 0 Å². The fourth-order valence-corrected chi connectivity index (χ4v) is 1.78. The lowest BCUT2D eigenvalue weighted by Crippen LogP contribution is -2.30. The third-order valence-electron chi connectivity index (χ3n) is 2.95. The SMILES string of the molecule is CCCCC[C@H](O)[C@H](O)COCc1ccccc1. The van der Waals surface area contributed by atoms with Crippen molar-refractivity contribution in [2.24, 2.45) is 0 Å². The lowest BCUT2D eigenvalue weighted by molar-refractivity contribution is -0.0454. The van der Waals surface area contributed by atoms with Crippen LogP contribution in [0.5, 0.6) is 0 Å². The maximum absolute atomic E-state index is 9.72. The monoisotopic (exact) mass is 252 g/mol. The van der Waals surface area contributed by atoms with Crippen LogP contribution >= 0.6 is 0 Å². The first-order valence-electron chi connectivity index (χ1n) is 6.71. The lowest BCUT2D eigenvalue weighted by Gasteiger charge is -2.17. The molecule has 0 bridgehead atoms. The molecule has 0 saturated carbocycles. The third kappa shape index (κ3) is 6.15. The minimum atomic E-state index is -0.787. The summed E-state index contributed by atoms with van der Waals surface area (Å²) in [5, 5.41) is 19.4. The second kappa shape index (κ2) is 9.09. The van der Waals surface area contributed by atoms with Crippen molar-refractivity contribution in [3.05, 3.63) is 35.9 Å². The standard InChI is InChI=1S/C15H24O3/c1-2-3-5-10-14(16)15(17)12-18-11-13-8-6-4-7-9-13/h4,6-9,14-17H,2-3,5,10-12H2,1H3/t14-,15+/m0/s1. The third-order valence-corrected chi connectivity index (χ3v) is 2.95. The van der Waals surface area contributed by atoms with Gasteiger partial charge >= 0.3 is 0 Å². The second-order valence-corrected chi connectivity index (χ2v) is 4.63. The first kappa shape index (κ1) is 15.2. The molecule has 0 unspecified atom stereocenters. The summed E-state index contributed by atoms with van der Waals surface area (Å²) in [4.78, 5) is 0. The van der Waals surface area contributed by atoms with Crippen molar-refractivity contribution in [3.8, 4) is 0 Å². The van der Waals surface area contributed by atoms with Gasteiger partial charge in [0, 0.05) is 0 Å². The van der Waals surface area contributed by atoms with Crippen LogP contribution in [0.3, 0.4) is 0 Å². The van der Waals surface area contributed by atoms with Crippen LogP contribution in [-0.2, 0) is 11.3 Å². The molecule has 0 amide bonds. The van der Waals surface area contributed by atoms with Gasteiger partial charge < -0.3 is 14.9 Å². The van der Waals surface area contributed by atoms with Gasteiger partial charge in [0.05, 0.1) is 19.3 Å². The van der Waals surface area contributed by atoms with E-state index in [2.05, 4.69) is 6.92 Å². The summed E-state index contributed by atoms with van der Waals surface area (Å²) >= 11 is 0. The highest BCUT2D eigenvalue weighted by atomic mass is 16.5. The van der Waals surface area contributed by atoms with E-state index in [1.165, 1.54) is 0 Å². The number of benzene rings is 1. The summed E-state index contributed by atoms with van der Waals surface area (Å²) in [5.74, 6) is 0. The van der Waals surface area contributed by atoms with Crippen LogP contribution in [0.15, 0.2) is 30.3 Å². The van der Waals surface area contributed by atoms with Gasteiger partial charge in [-0.3, -0.25) is 0 Å². The lowest BCUT2D eigenvalue weighted by atomic mass is 10.1. The summed E-state index contributed by atoms with van der Waals surface area (Å²) in [6.07, 6.45) is 2.34. The van der Waals surface area contributed by atoms with Crippen molar-refractivity contribution in [2.45, 2.75) is 51.4 Å². The molecule has 0 fully saturated rings. The minimum absolute atomic E-state index is 0.183. The Hall–Kier alpha value is -0.900. The molecule has 2 N–H and O–H groups in total. The fourth-order valence-electron chi connectivity index (χ4n) is 1.78. The topological polar surface area (TPSA) is 49.7 Å². The summed E-state index contributed by atoms with van der Waals surface area (Å²) in [5.41, 5.74) is 1.07. The highest BCUT2D eigenvalue weighted by molar-refractivity contribution is 5.13. The van der Waals surface area contributed by atoms with Crippen LogP contribution in [0.25, 0.3) is 0 Å². The Morgan fingerprint density at radius 1 is 1.06 bits per heavy atom. The van der Waals surface area contributed by atoms with E-state index < -0.39 is 12.2 Å². The molecule has 2 atom stereocenters. The summed E-state index contributed by atoms with van der Waals surface area (Å²) < 4.78 is 5.40. The van der Waals surface area contributed by atoms with Crippen molar-refractivity contribution in [3.63, 3.8) is 0 Å². The largest absolute Gasteiger partial charge is 0.390 e. The molecule has 3 heteroatoms. The van der Waals surface area contributed by atoms with Crippen LogP contribution in [0.1, 0.15) is 38.2 Å². The highest BCUT2D eigenvalue weighted by Gasteiger charge is 2.15. The smallest absolute Gasteiger partial charge is 0.103 e. The van der Waals surface area contributed by atoms with E-state index in [4.69, 9.17) is 4.74 Å². The van der Waals surface area contributed by atoms with Crippen LogP contribution in [0.4, 0.5) is 0 Å². The number of rotatable bonds is 9. The van der Waals surface area contributed by atoms with Gasteiger partial charge in [-0.15, -0.1) is 0 Å². The normalized spacial score (nSPS) is 14.4. The first-order valence-corrected chi connectivity index (χ1v) is 6.71. The predicted molar refractivity (Wildman–Crippen MR) is 72.3 cm³/mol. The molecule has 0 radical (unpaired) electrons. The Bertz CT molecular complexity index is 300. The van der Waals surface area contributed by atoms with E-state index in [-0.39, 0.29) is 6.61 Å². The molecule has 0 aromatic heterocycles. The number of unbranched alkanes of at least 4 members (excludes halogenated alkanes) is 2. The molecule has 102 valence electrons. The summed E-state index contributed by atoms with van der Waals surface area (Å²) in [6, 6.07) is 9.81. The van der Waals surface area contributed by atoms with E-state index in [0.717, 1.165) is 24.8 Å². The number of aliphatic hydroxyl groups is 2. The molecular weight excluding hydrogens is 228 g/mol. The second-order valence-electron chi connectivity index (χ2n) is 4.63. The molecule has 1 aromatic carbocycles. The van der Waals surface area contributed by atoms with Crippen LogP contribution < -0.4 is 0 Å². The van der Waals surface area contributed by atoms with Gasteiger partial charge in [0.2, 0.25) is 0 Å². The number of hydrogen-bond donors (Lipinski definition) is 2. The molecule has 0 heterocycles. The van der Waals surface area contributed by atoms with Gasteiger partial charge in [0.1, 0.15) is 6.10 Å². The van der Waals surface area contributed by atoms with Gasteiger partial charge in [0.25, 0.3) is 0 Å². The van der Waals surface area contributed by atoms with Crippen molar-refractivity contribution < 1.29 is 14.9 Å². The molecule has 0 aliphatic heterocycles. The molecule has 18 heavy (non-hydrogen) atoms. The quantitative estimate of drug-likeness (QED) is 0.664. The molecule has 3 nitrogen and oxygen atoms in total. The zero-order valence-corrected chi connectivity index (χ0v) is 11.1. The van der Waals surface area contributed by atoms with E-state index in [1.807, 2.05) is 30.3 Å². The Kier molecular flexibility index (Phi) is 7.65. The Morgan fingerprint density at radius 3 is 2.44 bits per heavy atom. The average Bonchev–Trinajstić information content (AvgIpc) is 2.40.